The lowest BCUT2D eigenvalue weighted by Crippen LogP contribution is -2.39. The van der Waals surface area contributed by atoms with E-state index in [0.29, 0.717) is 23.8 Å². The molecule has 1 atom stereocenters. The van der Waals surface area contributed by atoms with Gasteiger partial charge in [0.05, 0.1) is 0 Å². The molecule has 120 valence electrons. The van der Waals surface area contributed by atoms with Crippen molar-refractivity contribution in [3.63, 3.8) is 0 Å². The van der Waals surface area contributed by atoms with Gasteiger partial charge in [-0.15, -0.1) is 0 Å². The highest BCUT2D eigenvalue weighted by Crippen LogP contribution is 2.15. The van der Waals surface area contributed by atoms with E-state index in [1.807, 2.05) is 18.4 Å². The van der Waals surface area contributed by atoms with E-state index < -0.39 is 0 Å². The van der Waals surface area contributed by atoms with Gasteiger partial charge >= 0.3 is 5.69 Å². The van der Waals surface area contributed by atoms with Crippen LogP contribution < -0.4 is 16.6 Å². The van der Waals surface area contributed by atoms with Crippen LogP contribution in [0.1, 0.15) is 32.5 Å². The van der Waals surface area contributed by atoms with Crippen LogP contribution in [0.5, 0.6) is 0 Å². The number of aromatic nitrogens is 4. The highest BCUT2D eigenvalue weighted by Gasteiger charge is 2.22. The second kappa shape index (κ2) is 5.72. The minimum Gasteiger partial charge on any atom is -0.321 e. The molecule has 7 heteroatoms. The molecule has 0 saturated carbocycles. The van der Waals surface area contributed by atoms with Gasteiger partial charge in [0.2, 0.25) is 0 Å². The van der Waals surface area contributed by atoms with Crippen molar-refractivity contribution in [2.24, 2.45) is 7.05 Å². The zero-order valence-corrected chi connectivity index (χ0v) is 13.4. The van der Waals surface area contributed by atoms with Crippen LogP contribution in [0.15, 0.2) is 9.59 Å². The van der Waals surface area contributed by atoms with Crippen LogP contribution in [0.2, 0.25) is 0 Å². The van der Waals surface area contributed by atoms with Gasteiger partial charge in [0.25, 0.3) is 5.56 Å². The highest BCUT2D eigenvalue weighted by molar-refractivity contribution is 5.71. The monoisotopic (exact) mass is 305 g/mol. The molecule has 0 amide bonds. The Morgan fingerprint density at radius 1 is 1.27 bits per heavy atom. The molecule has 1 aliphatic heterocycles. The zero-order valence-electron chi connectivity index (χ0n) is 13.4. The summed E-state index contributed by atoms with van der Waals surface area (Å²) in [5.74, 6) is 0.865. The summed E-state index contributed by atoms with van der Waals surface area (Å²) >= 11 is 0. The van der Waals surface area contributed by atoms with Crippen LogP contribution in [-0.2, 0) is 26.6 Å². The number of hydrogen-bond acceptors (Lipinski definition) is 4. The first-order valence-corrected chi connectivity index (χ1v) is 8.00. The Balaban J connectivity index is 2.27. The normalized spacial score (nSPS) is 18.4. The van der Waals surface area contributed by atoms with Crippen molar-refractivity contribution in [1.29, 1.82) is 0 Å². The SMILES string of the molecule is CCc1nc2c(c(=O)n(CC)c(=O)n2C)n1CC1CCCN1. The maximum Gasteiger partial charge on any atom is 0.332 e. The van der Waals surface area contributed by atoms with Gasteiger partial charge in [0.1, 0.15) is 5.82 Å². The lowest BCUT2D eigenvalue weighted by atomic mass is 10.2. The number of aryl methyl sites for hydroxylation is 2. The van der Waals surface area contributed by atoms with Crippen LogP contribution in [-0.4, -0.2) is 31.3 Å². The van der Waals surface area contributed by atoms with Gasteiger partial charge in [0.15, 0.2) is 11.2 Å². The molecular formula is C15H23N5O2. The second-order valence-electron chi connectivity index (χ2n) is 5.85. The van der Waals surface area contributed by atoms with Gasteiger partial charge in [0, 0.05) is 32.6 Å². The Kier molecular flexibility index (Phi) is 3.90. The van der Waals surface area contributed by atoms with E-state index in [9.17, 15) is 9.59 Å². The van der Waals surface area contributed by atoms with Gasteiger partial charge in [-0.3, -0.25) is 13.9 Å². The second-order valence-corrected chi connectivity index (χ2v) is 5.85. The minimum absolute atomic E-state index is 0.231. The van der Waals surface area contributed by atoms with Crippen LogP contribution >= 0.6 is 0 Å². The van der Waals surface area contributed by atoms with E-state index in [1.54, 1.807) is 7.05 Å². The van der Waals surface area contributed by atoms with Crippen LogP contribution in [0.25, 0.3) is 11.2 Å². The summed E-state index contributed by atoms with van der Waals surface area (Å²) in [6.45, 7) is 5.97. The molecule has 1 aliphatic rings. The Morgan fingerprint density at radius 3 is 2.64 bits per heavy atom. The average molecular weight is 305 g/mol. The van der Waals surface area contributed by atoms with Gasteiger partial charge in [-0.1, -0.05) is 6.92 Å². The molecule has 0 aliphatic carbocycles. The summed E-state index contributed by atoms with van der Waals surface area (Å²) in [4.78, 5) is 29.5. The van der Waals surface area contributed by atoms with E-state index in [0.717, 1.165) is 38.2 Å². The minimum atomic E-state index is -0.300. The molecule has 7 nitrogen and oxygen atoms in total. The zero-order chi connectivity index (χ0) is 15.9. The number of hydrogen-bond donors (Lipinski definition) is 1. The molecule has 1 fully saturated rings. The molecule has 1 unspecified atom stereocenters. The smallest absolute Gasteiger partial charge is 0.321 e. The van der Waals surface area contributed by atoms with E-state index in [-0.39, 0.29) is 11.2 Å². The van der Waals surface area contributed by atoms with Gasteiger partial charge < -0.3 is 9.88 Å². The maximum atomic E-state index is 12.7. The van der Waals surface area contributed by atoms with Crippen molar-refractivity contribution in [3.8, 4) is 0 Å². The van der Waals surface area contributed by atoms with Gasteiger partial charge in [-0.05, 0) is 26.3 Å². The lowest BCUT2D eigenvalue weighted by molar-refractivity contribution is 0.504. The molecule has 2 aromatic rings. The molecule has 3 heterocycles. The third-order valence-electron chi connectivity index (χ3n) is 4.51. The molecule has 2 aromatic heterocycles. The van der Waals surface area contributed by atoms with Crippen LogP contribution in [0, 0.1) is 0 Å². The van der Waals surface area contributed by atoms with Crippen molar-refractivity contribution in [2.45, 2.75) is 52.2 Å². The quantitative estimate of drug-likeness (QED) is 0.877. The van der Waals surface area contributed by atoms with Crippen LogP contribution in [0.3, 0.4) is 0 Å². The predicted molar refractivity (Wildman–Crippen MR) is 85.3 cm³/mol. The number of rotatable bonds is 4. The Bertz CT molecular complexity index is 808. The molecule has 1 saturated heterocycles. The number of nitrogens with zero attached hydrogens (tertiary/aromatic N) is 4. The Hall–Kier alpha value is -1.89. The van der Waals surface area contributed by atoms with Gasteiger partial charge in [-0.25, -0.2) is 9.78 Å². The average Bonchev–Trinajstić information content (AvgIpc) is 3.14. The summed E-state index contributed by atoms with van der Waals surface area (Å²) in [5, 5.41) is 3.46. The summed E-state index contributed by atoms with van der Waals surface area (Å²) < 4.78 is 4.77. The summed E-state index contributed by atoms with van der Waals surface area (Å²) in [5.41, 5.74) is 0.515. The Labute approximate surface area is 128 Å². The number of imidazole rings is 1. The Morgan fingerprint density at radius 2 is 2.05 bits per heavy atom. The molecule has 0 radical (unpaired) electrons. The standard InChI is InChI=1S/C15H23N5O2/c1-4-11-17-13-12(20(11)9-10-7-6-8-16-10)14(21)19(5-2)15(22)18(13)3/h10,16H,4-9H2,1-3H3. The topological polar surface area (TPSA) is 73.8 Å². The summed E-state index contributed by atoms with van der Waals surface area (Å²) in [6, 6.07) is 0.370. The van der Waals surface area contributed by atoms with E-state index in [1.165, 1.54) is 9.13 Å². The third-order valence-corrected chi connectivity index (χ3v) is 4.51. The fraction of sp³-hybridized carbons (Fsp3) is 0.667. The van der Waals surface area contributed by atoms with Crippen molar-refractivity contribution >= 4 is 11.2 Å². The van der Waals surface area contributed by atoms with Crippen LogP contribution in [0.4, 0.5) is 0 Å². The number of nitrogens with one attached hydrogen (secondary N) is 1. The van der Waals surface area contributed by atoms with Crippen molar-refractivity contribution < 1.29 is 0 Å². The molecule has 0 aromatic carbocycles. The molecular weight excluding hydrogens is 282 g/mol. The fourth-order valence-corrected chi connectivity index (χ4v) is 3.30. The number of fused-ring (bicyclic) bond motifs is 1. The first kappa shape index (κ1) is 15.0. The first-order valence-electron chi connectivity index (χ1n) is 8.00. The fourth-order valence-electron chi connectivity index (χ4n) is 3.30. The van der Waals surface area contributed by atoms with E-state index >= 15 is 0 Å². The molecule has 3 rings (SSSR count). The lowest BCUT2D eigenvalue weighted by Gasteiger charge is -2.14. The summed E-state index contributed by atoms with van der Waals surface area (Å²) in [7, 11) is 1.68. The van der Waals surface area contributed by atoms with Gasteiger partial charge in [-0.2, -0.15) is 0 Å². The largest absolute Gasteiger partial charge is 0.332 e. The molecule has 22 heavy (non-hydrogen) atoms. The summed E-state index contributed by atoms with van der Waals surface area (Å²) in [6.07, 6.45) is 3.01. The highest BCUT2D eigenvalue weighted by atomic mass is 16.2. The van der Waals surface area contributed by atoms with E-state index in [4.69, 9.17) is 0 Å². The molecule has 1 N–H and O–H groups in total. The first-order chi connectivity index (χ1) is 10.6. The third kappa shape index (κ3) is 2.20. The van der Waals surface area contributed by atoms with Crippen molar-refractivity contribution in [1.82, 2.24) is 24.0 Å². The van der Waals surface area contributed by atoms with Crippen molar-refractivity contribution in [3.05, 3.63) is 26.7 Å². The predicted octanol–water partition coefficient (Wildman–Crippen LogP) is 0.231. The maximum absolute atomic E-state index is 12.7. The van der Waals surface area contributed by atoms with E-state index in [2.05, 4.69) is 10.3 Å². The molecule has 0 spiro atoms. The molecule has 0 bridgehead atoms. The van der Waals surface area contributed by atoms with Crippen molar-refractivity contribution in [2.75, 3.05) is 6.54 Å².